The molecule has 1 aromatic carbocycles. The molecule has 0 atom stereocenters. The van der Waals surface area contributed by atoms with Gasteiger partial charge in [0.05, 0.1) is 61.9 Å². The number of hydrogen-bond acceptors (Lipinski definition) is 7. The lowest BCUT2D eigenvalue weighted by Crippen LogP contribution is -2.24. The van der Waals surface area contributed by atoms with Crippen molar-refractivity contribution in [2.24, 2.45) is 0 Å². The van der Waals surface area contributed by atoms with Crippen LogP contribution in [-0.4, -0.2) is 54.5 Å². The number of rotatable bonds is 23. The lowest BCUT2D eigenvalue weighted by molar-refractivity contribution is 0.0491. The maximum Gasteiger partial charge on any atom is 0.339 e. The molecule has 0 unspecified atom stereocenters. The molecule has 0 fully saturated rings. The monoisotopic (exact) mass is 546 g/mol. The van der Waals surface area contributed by atoms with Gasteiger partial charge in [-0.15, -0.1) is 0 Å². The number of carboxylic acid groups (broad SMARTS) is 2. The summed E-state index contributed by atoms with van der Waals surface area (Å²) in [5, 5.41) is 20.7. The Morgan fingerprint density at radius 3 is 1.41 bits per heavy atom. The zero-order chi connectivity index (χ0) is 29.0. The predicted octanol–water partition coefficient (Wildman–Crippen LogP) is 6.10. The third-order valence-corrected chi connectivity index (χ3v) is 6.06. The van der Waals surface area contributed by atoms with E-state index >= 15 is 0 Å². The fourth-order valence-corrected chi connectivity index (χ4v) is 4.41. The molecule has 0 bridgehead atoms. The molecular weight excluding hydrogens is 504 g/mol. The first kappa shape index (κ1) is 33.3. The number of carboxylic acids is 2. The Bertz CT molecular complexity index is 981. The largest absolute Gasteiger partial charge is 0.502 e. The van der Waals surface area contributed by atoms with Crippen molar-refractivity contribution in [3.05, 3.63) is 71.9 Å². The number of carbonyl (C=O) groups is 3. The van der Waals surface area contributed by atoms with Crippen molar-refractivity contribution in [1.29, 1.82) is 0 Å². The summed E-state index contributed by atoms with van der Waals surface area (Å²) in [5.41, 5.74) is 0.609. The molecule has 0 spiro atoms. The Morgan fingerprint density at radius 1 is 0.615 bits per heavy atom. The standard InChI is InChI=1S/C30H42O9/c1-5-18-39-30(35)27-23(16-10-13-20-37-7-3)22(15-9-12-19-36-6-2)25(28(31)32)24(26(27)29(33)34)17-11-14-21-38-8-4/h6-8H,2-5,9-21H2,1H3,(H,31,32)(H,33,34). The van der Waals surface area contributed by atoms with Gasteiger partial charge in [-0.05, 0) is 80.9 Å². The number of unbranched alkanes of at least 4 members (excludes halogenated alkanes) is 3. The highest BCUT2D eigenvalue weighted by Gasteiger charge is 2.33. The van der Waals surface area contributed by atoms with Crippen LogP contribution in [0.25, 0.3) is 0 Å². The number of esters is 1. The maximum absolute atomic E-state index is 13.4. The maximum atomic E-state index is 13.4. The summed E-state index contributed by atoms with van der Waals surface area (Å²) in [6, 6.07) is 0. The van der Waals surface area contributed by atoms with Gasteiger partial charge < -0.3 is 29.2 Å². The molecule has 0 saturated carbocycles. The van der Waals surface area contributed by atoms with E-state index in [0.29, 0.717) is 88.7 Å². The minimum absolute atomic E-state index is 0.0499. The van der Waals surface area contributed by atoms with Gasteiger partial charge in [0.25, 0.3) is 0 Å². The molecule has 216 valence electrons. The first-order chi connectivity index (χ1) is 18.8. The van der Waals surface area contributed by atoms with Gasteiger partial charge in [-0.1, -0.05) is 26.7 Å². The average molecular weight is 547 g/mol. The second-order valence-corrected chi connectivity index (χ2v) is 8.79. The predicted molar refractivity (Wildman–Crippen MR) is 148 cm³/mol. The highest BCUT2D eigenvalue weighted by atomic mass is 16.5. The molecule has 2 N–H and O–H groups in total. The number of hydrogen-bond donors (Lipinski definition) is 2. The van der Waals surface area contributed by atoms with Crippen molar-refractivity contribution < 1.29 is 43.5 Å². The van der Waals surface area contributed by atoms with E-state index < -0.39 is 17.9 Å². The fourth-order valence-electron chi connectivity index (χ4n) is 4.41. The SMILES string of the molecule is C=COCCCCc1c(CCCCOC=C)c(C(=O)OCCC)c(C(=O)O)c(CCCCOC=C)c1C(=O)O. The normalized spacial score (nSPS) is 10.4. The highest BCUT2D eigenvalue weighted by molar-refractivity contribution is 6.08. The zero-order valence-electron chi connectivity index (χ0n) is 23.0. The molecule has 0 amide bonds. The van der Waals surface area contributed by atoms with E-state index in [0.717, 1.165) is 0 Å². The minimum Gasteiger partial charge on any atom is -0.502 e. The third-order valence-electron chi connectivity index (χ3n) is 6.06. The van der Waals surface area contributed by atoms with Crippen molar-refractivity contribution in [3.8, 4) is 0 Å². The van der Waals surface area contributed by atoms with Gasteiger partial charge in [0.1, 0.15) is 0 Å². The Labute approximate surface area is 231 Å². The van der Waals surface area contributed by atoms with Gasteiger partial charge in [-0.3, -0.25) is 0 Å². The number of benzene rings is 1. The van der Waals surface area contributed by atoms with Crippen molar-refractivity contribution in [2.45, 2.75) is 71.1 Å². The van der Waals surface area contributed by atoms with E-state index in [4.69, 9.17) is 18.9 Å². The molecule has 0 aromatic heterocycles. The number of ether oxygens (including phenoxy) is 4. The molecule has 9 heteroatoms. The van der Waals surface area contributed by atoms with Crippen LogP contribution in [0, 0.1) is 0 Å². The van der Waals surface area contributed by atoms with E-state index in [1.807, 2.05) is 6.92 Å². The van der Waals surface area contributed by atoms with Gasteiger partial charge in [-0.2, -0.15) is 0 Å². The fraction of sp³-hybridized carbons (Fsp3) is 0.500. The third kappa shape index (κ3) is 10.9. The Balaban J connectivity index is 3.78. The molecule has 1 aromatic rings. The highest BCUT2D eigenvalue weighted by Crippen LogP contribution is 2.33. The summed E-state index contributed by atoms with van der Waals surface area (Å²) in [7, 11) is 0. The first-order valence-corrected chi connectivity index (χ1v) is 13.4. The van der Waals surface area contributed by atoms with Crippen molar-refractivity contribution in [1.82, 2.24) is 0 Å². The lowest BCUT2D eigenvalue weighted by atomic mass is 9.81. The summed E-state index contributed by atoms with van der Waals surface area (Å²) in [6.07, 6.45) is 8.71. The van der Waals surface area contributed by atoms with E-state index in [2.05, 4.69) is 19.7 Å². The van der Waals surface area contributed by atoms with Crippen LogP contribution < -0.4 is 0 Å². The second-order valence-electron chi connectivity index (χ2n) is 8.79. The topological polar surface area (TPSA) is 129 Å². The van der Waals surface area contributed by atoms with Crippen LogP contribution in [0.15, 0.2) is 38.5 Å². The van der Waals surface area contributed by atoms with Gasteiger partial charge in [0.2, 0.25) is 0 Å². The van der Waals surface area contributed by atoms with E-state index in [-0.39, 0.29) is 35.3 Å². The summed E-state index contributed by atoms with van der Waals surface area (Å²) in [6.45, 7) is 13.7. The zero-order valence-corrected chi connectivity index (χ0v) is 23.0. The minimum atomic E-state index is -1.36. The smallest absolute Gasteiger partial charge is 0.339 e. The Kier molecular flexibility index (Phi) is 16.5. The number of carbonyl (C=O) groups excluding carboxylic acids is 1. The van der Waals surface area contributed by atoms with Crippen molar-refractivity contribution >= 4 is 17.9 Å². The molecular formula is C30H42O9. The van der Waals surface area contributed by atoms with Crippen molar-refractivity contribution in [3.63, 3.8) is 0 Å². The lowest BCUT2D eigenvalue weighted by Gasteiger charge is -2.23. The van der Waals surface area contributed by atoms with Crippen molar-refractivity contribution in [2.75, 3.05) is 26.4 Å². The van der Waals surface area contributed by atoms with Crippen LogP contribution in [0.4, 0.5) is 0 Å². The molecule has 0 heterocycles. The molecule has 0 saturated heterocycles. The number of aromatic carboxylic acids is 2. The molecule has 1 rings (SSSR count). The van der Waals surface area contributed by atoms with Crippen LogP contribution in [0.3, 0.4) is 0 Å². The summed E-state index contributed by atoms with van der Waals surface area (Å²) in [5.74, 6) is -3.34. The molecule has 0 radical (unpaired) electrons. The van der Waals surface area contributed by atoms with Crippen LogP contribution in [0.2, 0.25) is 0 Å². The van der Waals surface area contributed by atoms with Crippen LogP contribution in [-0.2, 0) is 38.2 Å². The van der Waals surface area contributed by atoms with Gasteiger partial charge in [0, 0.05) is 0 Å². The second kappa shape index (κ2) is 19.3. The Morgan fingerprint density at radius 2 is 1.03 bits per heavy atom. The van der Waals surface area contributed by atoms with E-state index in [9.17, 15) is 24.6 Å². The quantitative estimate of drug-likeness (QED) is 0.0950. The van der Waals surface area contributed by atoms with E-state index in [1.54, 1.807) is 0 Å². The van der Waals surface area contributed by atoms with Crippen LogP contribution >= 0.6 is 0 Å². The molecule has 9 nitrogen and oxygen atoms in total. The van der Waals surface area contributed by atoms with Crippen LogP contribution in [0.1, 0.15) is 99.6 Å². The first-order valence-electron chi connectivity index (χ1n) is 13.4. The van der Waals surface area contributed by atoms with Gasteiger partial charge in [-0.25, -0.2) is 14.4 Å². The summed E-state index contributed by atoms with van der Waals surface area (Å²) >= 11 is 0. The van der Waals surface area contributed by atoms with Gasteiger partial charge in [0.15, 0.2) is 0 Å². The summed E-state index contributed by atoms with van der Waals surface area (Å²) < 4.78 is 21.0. The van der Waals surface area contributed by atoms with Gasteiger partial charge >= 0.3 is 17.9 Å². The Hall–Kier alpha value is -3.75. The molecule has 0 aliphatic carbocycles. The molecule has 0 aliphatic heterocycles. The average Bonchev–Trinajstić information content (AvgIpc) is 2.90. The van der Waals surface area contributed by atoms with Crippen LogP contribution in [0.5, 0.6) is 0 Å². The molecule has 39 heavy (non-hydrogen) atoms. The molecule has 0 aliphatic rings. The summed E-state index contributed by atoms with van der Waals surface area (Å²) in [4.78, 5) is 38.7. The van der Waals surface area contributed by atoms with E-state index in [1.165, 1.54) is 18.8 Å².